The smallest absolute Gasteiger partial charge is 0.193 e. The lowest BCUT2D eigenvalue weighted by molar-refractivity contribution is 0.0780. The molecule has 1 atom stereocenters. The Morgan fingerprint density at radius 1 is 1.32 bits per heavy atom. The molecule has 1 aromatic rings. The van der Waals surface area contributed by atoms with Gasteiger partial charge >= 0.3 is 0 Å². The largest absolute Gasteiger partial charge is 0.381 e. The molecule has 0 aromatic heterocycles. The highest BCUT2D eigenvalue weighted by Crippen LogP contribution is 2.34. The predicted octanol–water partition coefficient (Wildman–Crippen LogP) is 3.40. The number of guanidine groups is 1. The molecule has 0 aliphatic carbocycles. The zero-order valence-corrected chi connectivity index (χ0v) is 18.2. The topological polar surface area (TPSA) is 46.1 Å². The van der Waals surface area contributed by atoms with Crippen LogP contribution in [0.2, 0.25) is 0 Å². The van der Waals surface area contributed by atoms with Crippen LogP contribution >= 0.6 is 11.8 Å². The summed E-state index contributed by atoms with van der Waals surface area (Å²) in [6.45, 7) is 8.54. The van der Waals surface area contributed by atoms with Crippen molar-refractivity contribution in [2.45, 2.75) is 37.5 Å². The fraction of sp³-hybridized carbons (Fsp3) is 0.682. The molecule has 1 unspecified atom stereocenters. The standard InChI is InChI=1S/C22H35N3O2S/c1-3-28-22(10-13-26-14-11-22)18-24-21(23-2)25-12-9-20(15-25)17-27-16-19-7-5-4-6-8-19/h4-8,20H,3,9-18H2,1-2H3,(H,23,24). The van der Waals surface area contributed by atoms with Gasteiger partial charge in [-0.2, -0.15) is 11.8 Å². The number of thioether (sulfide) groups is 1. The quantitative estimate of drug-likeness (QED) is 0.531. The SMILES string of the molecule is CCSC1(CNC(=NC)N2CCC(COCc3ccccc3)C2)CCOCC1. The minimum Gasteiger partial charge on any atom is -0.381 e. The van der Waals surface area contributed by atoms with Crippen molar-refractivity contribution in [3.8, 4) is 0 Å². The van der Waals surface area contributed by atoms with E-state index in [1.165, 1.54) is 5.56 Å². The fourth-order valence-corrected chi connectivity index (χ4v) is 5.31. The maximum Gasteiger partial charge on any atom is 0.193 e. The lowest BCUT2D eigenvalue weighted by Gasteiger charge is -2.37. The summed E-state index contributed by atoms with van der Waals surface area (Å²) in [5.41, 5.74) is 1.24. The molecule has 0 saturated carbocycles. The number of hydrogen-bond acceptors (Lipinski definition) is 4. The van der Waals surface area contributed by atoms with Crippen molar-refractivity contribution in [3.05, 3.63) is 35.9 Å². The van der Waals surface area contributed by atoms with Crippen LogP contribution in [0, 0.1) is 5.92 Å². The third kappa shape index (κ3) is 6.13. The van der Waals surface area contributed by atoms with E-state index in [1.54, 1.807) is 0 Å². The minimum atomic E-state index is 0.279. The van der Waals surface area contributed by atoms with Crippen LogP contribution in [0.1, 0.15) is 31.7 Å². The third-order valence-electron chi connectivity index (χ3n) is 5.69. The number of aliphatic imine (C=N–C) groups is 1. The Balaban J connectivity index is 1.43. The maximum absolute atomic E-state index is 5.96. The normalized spacial score (nSPS) is 22.4. The molecule has 2 aliphatic rings. The predicted molar refractivity (Wildman–Crippen MR) is 118 cm³/mol. The summed E-state index contributed by atoms with van der Waals surface area (Å²) in [6.07, 6.45) is 3.40. The second-order valence-corrected chi connectivity index (χ2v) is 9.46. The number of ether oxygens (including phenoxy) is 2. The molecule has 2 heterocycles. The fourth-order valence-electron chi connectivity index (χ4n) is 4.07. The lowest BCUT2D eigenvalue weighted by atomic mass is 9.99. The highest BCUT2D eigenvalue weighted by atomic mass is 32.2. The van der Waals surface area contributed by atoms with E-state index in [9.17, 15) is 0 Å². The van der Waals surface area contributed by atoms with Gasteiger partial charge in [0.15, 0.2) is 5.96 Å². The van der Waals surface area contributed by atoms with Gasteiger partial charge in [-0.25, -0.2) is 0 Å². The molecule has 156 valence electrons. The summed E-state index contributed by atoms with van der Waals surface area (Å²) < 4.78 is 11.8. The number of hydrogen-bond donors (Lipinski definition) is 1. The highest BCUT2D eigenvalue weighted by molar-refractivity contribution is 8.00. The summed E-state index contributed by atoms with van der Waals surface area (Å²) >= 11 is 2.07. The Kier molecular flexibility index (Phi) is 8.49. The summed E-state index contributed by atoms with van der Waals surface area (Å²) in [4.78, 5) is 6.95. The Morgan fingerprint density at radius 2 is 2.11 bits per heavy atom. The van der Waals surface area contributed by atoms with Crippen molar-refractivity contribution in [1.82, 2.24) is 10.2 Å². The first-order valence-electron chi connectivity index (χ1n) is 10.5. The van der Waals surface area contributed by atoms with Crippen LogP contribution in [-0.2, 0) is 16.1 Å². The van der Waals surface area contributed by atoms with Crippen LogP contribution in [0.15, 0.2) is 35.3 Å². The Hall–Kier alpha value is -1.24. The average Bonchev–Trinajstić information content (AvgIpc) is 3.19. The van der Waals surface area contributed by atoms with Crippen LogP contribution in [0.3, 0.4) is 0 Å². The molecule has 1 aromatic carbocycles. The van der Waals surface area contributed by atoms with Gasteiger partial charge in [0, 0.05) is 50.6 Å². The monoisotopic (exact) mass is 405 g/mol. The van der Waals surface area contributed by atoms with Crippen LogP contribution in [0.4, 0.5) is 0 Å². The first-order chi connectivity index (χ1) is 13.7. The van der Waals surface area contributed by atoms with E-state index >= 15 is 0 Å². The minimum absolute atomic E-state index is 0.279. The van der Waals surface area contributed by atoms with Crippen LogP contribution in [-0.4, -0.2) is 67.9 Å². The van der Waals surface area contributed by atoms with Gasteiger partial charge in [0.05, 0.1) is 13.2 Å². The Labute approximate surface area is 174 Å². The van der Waals surface area contributed by atoms with Gasteiger partial charge in [0.1, 0.15) is 0 Å². The number of likely N-dealkylation sites (tertiary alicyclic amines) is 1. The van der Waals surface area contributed by atoms with Crippen molar-refractivity contribution in [1.29, 1.82) is 0 Å². The third-order valence-corrected chi connectivity index (χ3v) is 7.14. The van der Waals surface area contributed by atoms with Crippen molar-refractivity contribution in [2.75, 3.05) is 52.3 Å². The van der Waals surface area contributed by atoms with E-state index in [4.69, 9.17) is 9.47 Å². The average molecular weight is 406 g/mol. The molecule has 0 radical (unpaired) electrons. The molecule has 2 saturated heterocycles. The van der Waals surface area contributed by atoms with E-state index in [0.29, 0.717) is 12.5 Å². The van der Waals surface area contributed by atoms with E-state index < -0.39 is 0 Å². The maximum atomic E-state index is 5.96. The van der Waals surface area contributed by atoms with Crippen molar-refractivity contribution < 1.29 is 9.47 Å². The molecular formula is C22H35N3O2S. The number of rotatable bonds is 8. The van der Waals surface area contributed by atoms with E-state index in [0.717, 1.165) is 70.4 Å². The molecule has 3 rings (SSSR count). The Morgan fingerprint density at radius 3 is 2.82 bits per heavy atom. The zero-order valence-electron chi connectivity index (χ0n) is 17.4. The molecule has 2 fully saturated rings. The number of nitrogens with one attached hydrogen (secondary N) is 1. The second kappa shape index (κ2) is 11.1. The highest BCUT2D eigenvalue weighted by Gasteiger charge is 2.34. The van der Waals surface area contributed by atoms with E-state index in [-0.39, 0.29) is 4.75 Å². The lowest BCUT2D eigenvalue weighted by Crippen LogP contribution is -2.49. The van der Waals surface area contributed by atoms with E-state index in [2.05, 4.69) is 58.2 Å². The van der Waals surface area contributed by atoms with Gasteiger partial charge in [0.25, 0.3) is 0 Å². The molecule has 0 bridgehead atoms. The van der Waals surface area contributed by atoms with Crippen LogP contribution < -0.4 is 5.32 Å². The van der Waals surface area contributed by atoms with Gasteiger partial charge in [0.2, 0.25) is 0 Å². The first-order valence-corrected chi connectivity index (χ1v) is 11.5. The first kappa shape index (κ1) is 21.5. The molecule has 6 heteroatoms. The Bertz CT molecular complexity index is 600. The zero-order chi connectivity index (χ0) is 19.7. The summed E-state index contributed by atoms with van der Waals surface area (Å²) in [5.74, 6) is 2.75. The van der Waals surface area contributed by atoms with Crippen molar-refractivity contribution in [2.24, 2.45) is 10.9 Å². The second-order valence-electron chi connectivity index (χ2n) is 7.73. The number of benzene rings is 1. The molecule has 28 heavy (non-hydrogen) atoms. The van der Waals surface area contributed by atoms with Crippen LogP contribution in [0.25, 0.3) is 0 Å². The van der Waals surface area contributed by atoms with Crippen LogP contribution in [0.5, 0.6) is 0 Å². The van der Waals surface area contributed by atoms with Gasteiger partial charge in [-0.15, -0.1) is 0 Å². The molecule has 2 aliphatic heterocycles. The molecule has 0 amide bonds. The molecule has 0 spiro atoms. The molecule has 5 nitrogen and oxygen atoms in total. The van der Waals surface area contributed by atoms with Gasteiger partial charge < -0.3 is 19.7 Å². The summed E-state index contributed by atoms with van der Waals surface area (Å²) in [5, 5.41) is 3.67. The van der Waals surface area contributed by atoms with E-state index in [1.807, 2.05) is 13.1 Å². The summed E-state index contributed by atoms with van der Waals surface area (Å²) in [7, 11) is 1.89. The van der Waals surface area contributed by atoms with Gasteiger partial charge in [-0.05, 0) is 30.6 Å². The molecule has 1 N–H and O–H groups in total. The summed E-state index contributed by atoms with van der Waals surface area (Å²) in [6, 6.07) is 10.4. The number of nitrogens with zero attached hydrogens (tertiary/aromatic N) is 2. The molecular weight excluding hydrogens is 370 g/mol. The van der Waals surface area contributed by atoms with Crippen molar-refractivity contribution in [3.63, 3.8) is 0 Å². The van der Waals surface area contributed by atoms with Gasteiger partial charge in [-0.1, -0.05) is 37.3 Å². The van der Waals surface area contributed by atoms with Gasteiger partial charge in [-0.3, -0.25) is 4.99 Å². The van der Waals surface area contributed by atoms with Crippen molar-refractivity contribution >= 4 is 17.7 Å².